The second kappa shape index (κ2) is 21.4. The summed E-state index contributed by atoms with van der Waals surface area (Å²) in [5.74, 6) is -0.101. The molecule has 0 aromatic heterocycles. The molecule has 160 valence electrons. The number of amides is 1. The van der Waals surface area contributed by atoms with Gasteiger partial charge in [-0.15, -0.1) is 4.91 Å². The fourth-order valence-corrected chi connectivity index (χ4v) is 3.50. The summed E-state index contributed by atoms with van der Waals surface area (Å²) in [6.07, 6.45) is 23.2. The molecule has 27 heavy (non-hydrogen) atoms. The van der Waals surface area contributed by atoms with Crippen LogP contribution in [0.25, 0.3) is 0 Å². The monoisotopic (exact) mass is 382 g/mol. The van der Waals surface area contributed by atoms with Crippen molar-refractivity contribution >= 4 is 5.91 Å². The zero-order valence-electron chi connectivity index (χ0n) is 18.4. The third-order valence-electron chi connectivity index (χ3n) is 5.35. The van der Waals surface area contributed by atoms with Crippen LogP contribution < -0.4 is 0 Å². The number of carbonyl (C=O) groups excluding carboxylic acids is 1. The Morgan fingerprint density at radius 3 is 1.37 bits per heavy atom. The van der Waals surface area contributed by atoms with Gasteiger partial charge in [-0.25, -0.2) is 0 Å². The minimum Gasteiger partial charge on any atom is -0.273 e. The van der Waals surface area contributed by atoms with E-state index in [-0.39, 0.29) is 5.91 Å². The van der Waals surface area contributed by atoms with E-state index >= 15 is 0 Å². The molecule has 0 aliphatic carbocycles. The third kappa shape index (κ3) is 18.2. The van der Waals surface area contributed by atoms with Crippen LogP contribution in [0.15, 0.2) is 5.29 Å². The number of rotatable bonds is 21. The highest BCUT2D eigenvalue weighted by Crippen LogP contribution is 2.14. The van der Waals surface area contributed by atoms with E-state index in [1.807, 2.05) is 0 Å². The third-order valence-corrected chi connectivity index (χ3v) is 5.35. The van der Waals surface area contributed by atoms with Crippen LogP contribution in [0, 0.1) is 4.91 Å². The maximum atomic E-state index is 11.9. The van der Waals surface area contributed by atoms with Gasteiger partial charge in [0.2, 0.25) is 5.91 Å². The second-order valence-electron chi connectivity index (χ2n) is 8.01. The summed E-state index contributed by atoms with van der Waals surface area (Å²) in [4.78, 5) is 22.7. The molecule has 0 saturated carbocycles. The standard InChI is InChI=1S/C23H46N2O2/c1-3-5-7-8-9-10-11-12-13-14-15-16-17-18-19-21-23(26)25(24-27)22-20-6-4-2/h3-22H2,1-2H3. The van der Waals surface area contributed by atoms with Gasteiger partial charge in [0, 0.05) is 13.0 Å². The van der Waals surface area contributed by atoms with Crippen LogP contribution in [0.3, 0.4) is 0 Å². The molecule has 0 aliphatic rings. The highest BCUT2D eigenvalue weighted by Gasteiger charge is 2.12. The Morgan fingerprint density at radius 2 is 0.963 bits per heavy atom. The fraction of sp³-hybridized carbons (Fsp3) is 0.957. The van der Waals surface area contributed by atoms with Crippen LogP contribution in [-0.4, -0.2) is 17.5 Å². The average molecular weight is 383 g/mol. The van der Waals surface area contributed by atoms with Crippen LogP contribution >= 0.6 is 0 Å². The first-order chi connectivity index (χ1) is 13.3. The van der Waals surface area contributed by atoms with Gasteiger partial charge in [-0.3, -0.25) is 4.79 Å². The summed E-state index contributed by atoms with van der Waals surface area (Å²) in [5, 5.41) is 4.01. The van der Waals surface area contributed by atoms with Crippen LogP contribution in [-0.2, 0) is 4.79 Å². The summed E-state index contributed by atoms with van der Waals surface area (Å²) in [6, 6.07) is 0. The van der Waals surface area contributed by atoms with E-state index in [0.717, 1.165) is 37.1 Å². The quantitative estimate of drug-likeness (QED) is 0.115. The Bertz CT molecular complexity index is 334. The minimum absolute atomic E-state index is 0.101. The molecule has 0 bridgehead atoms. The highest BCUT2D eigenvalue weighted by molar-refractivity contribution is 5.75. The summed E-state index contributed by atoms with van der Waals surface area (Å²) in [7, 11) is 0. The van der Waals surface area contributed by atoms with Crippen molar-refractivity contribution in [3.63, 3.8) is 0 Å². The van der Waals surface area contributed by atoms with Gasteiger partial charge in [0.15, 0.2) is 0 Å². The molecule has 1 amide bonds. The molecular weight excluding hydrogens is 336 g/mol. The van der Waals surface area contributed by atoms with Crippen LogP contribution in [0.4, 0.5) is 0 Å². The summed E-state index contributed by atoms with van der Waals surface area (Å²) in [6.45, 7) is 4.86. The number of hydrogen-bond donors (Lipinski definition) is 0. The van der Waals surface area contributed by atoms with E-state index in [0.29, 0.717) is 13.0 Å². The van der Waals surface area contributed by atoms with Crippen molar-refractivity contribution in [2.24, 2.45) is 5.29 Å². The Labute approximate surface area is 168 Å². The van der Waals surface area contributed by atoms with Crippen molar-refractivity contribution in [1.29, 1.82) is 0 Å². The zero-order chi connectivity index (χ0) is 20.0. The van der Waals surface area contributed by atoms with Gasteiger partial charge < -0.3 is 0 Å². The topological polar surface area (TPSA) is 49.7 Å². The Balaban J connectivity index is 3.32. The van der Waals surface area contributed by atoms with Crippen LogP contribution in [0.2, 0.25) is 0 Å². The van der Waals surface area contributed by atoms with Gasteiger partial charge in [0.25, 0.3) is 0 Å². The van der Waals surface area contributed by atoms with E-state index in [1.165, 1.54) is 83.5 Å². The maximum absolute atomic E-state index is 11.9. The summed E-state index contributed by atoms with van der Waals surface area (Å²) in [5.41, 5.74) is 0. The lowest BCUT2D eigenvalue weighted by Crippen LogP contribution is -2.26. The molecule has 0 aliphatic heterocycles. The Kier molecular flexibility index (Phi) is 20.6. The predicted octanol–water partition coefficient (Wildman–Crippen LogP) is 7.95. The molecular formula is C23H46N2O2. The van der Waals surface area contributed by atoms with Crippen LogP contribution in [0.1, 0.15) is 136 Å². The fourth-order valence-electron chi connectivity index (χ4n) is 3.50. The SMILES string of the molecule is CCCCCCCCCCCCCCCCCC(=O)N(CCCCC)N=O. The Morgan fingerprint density at radius 1 is 0.593 bits per heavy atom. The lowest BCUT2D eigenvalue weighted by atomic mass is 10.0. The molecule has 0 saturated heterocycles. The molecule has 0 unspecified atom stereocenters. The van der Waals surface area contributed by atoms with Crippen molar-refractivity contribution in [1.82, 2.24) is 5.01 Å². The number of unbranched alkanes of at least 4 members (excludes halogenated alkanes) is 16. The van der Waals surface area contributed by atoms with E-state index in [1.54, 1.807) is 0 Å². The van der Waals surface area contributed by atoms with Gasteiger partial charge in [0.1, 0.15) is 0 Å². The first-order valence-corrected chi connectivity index (χ1v) is 11.9. The summed E-state index contributed by atoms with van der Waals surface area (Å²) >= 11 is 0. The van der Waals surface area contributed by atoms with Crippen molar-refractivity contribution < 1.29 is 4.79 Å². The molecule has 4 heteroatoms. The number of nitrogens with zero attached hydrogens (tertiary/aromatic N) is 2. The maximum Gasteiger partial charge on any atom is 0.245 e. The molecule has 0 atom stereocenters. The molecule has 0 radical (unpaired) electrons. The first kappa shape index (κ1) is 26.1. The molecule has 4 nitrogen and oxygen atoms in total. The van der Waals surface area contributed by atoms with Crippen molar-refractivity contribution in [2.45, 2.75) is 136 Å². The molecule has 0 rings (SSSR count). The van der Waals surface area contributed by atoms with Gasteiger partial charge in [0.05, 0.1) is 5.29 Å². The Hall–Kier alpha value is -0.930. The number of carbonyl (C=O) groups is 1. The first-order valence-electron chi connectivity index (χ1n) is 11.9. The van der Waals surface area contributed by atoms with Crippen molar-refractivity contribution in [2.75, 3.05) is 6.54 Å². The molecule has 0 N–H and O–H groups in total. The van der Waals surface area contributed by atoms with E-state index in [4.69, 9.17) is 0 Å². The van der Waals surface area contributed by atoms with Crippen molar-refractivity contribution in [3.05, 3.63) is 4.91 Å². The van der Waals surface area contributed by atoms with E-state index in [9.17, 15) is 9.70 Å². The van der Waals surface area contributed by atoms with Gasteiger partial charge in [-0.2, -0.15) is 5.01 Å². The number of nitroso groups, excluding NO2 is 1. The van der Waals surface area contributed by atoms with Gasteiger partial charge >= 0.3 is 0 Å². The van der Waals surface area contributed by atoms with Gasteiger partial charge in [-0.05, 0) is 12.8 Å². The molecule has 0 fully saturated rings. The molecule has 0 aromatic carbocycles. The smallest absolute Gasteiger partial charge is 0.245 e. The highest BCUT2D eigenvalue weighted by atomic mass is 16.3. The van der Waals surface area contributed by atoms with Crippen LogP contribution in [0.5, 0.6) is 0 Å². The minimum atomic E-state index is -0.101. The van der Waals surface area contributed by atoms with Gasteiger partial charge in [-0.1, -0.05) is 117 Å². The second-order valence-corrected chi connectivity index (χ2v) is 8.01. The summed E-state index contributed by atoms with van der Waals surface area (Å²) < 4.78 is 0. The number of hydrogen-bond acceptors (Lipinski definition) is 3. The lowest BCUT2D eigenvalue weighted by molar-refractivity contribution is -0.131. The zero-order valence-corrected chi connectivity index (χ0v) is 18.4. The molecule has 0 heterocycles. The average Bonchev–Trinajstić information content (AvgIpc) is 2.68. The van der Waals surface area contributed by atoms with Crippen molar-refractivity contribution in [3.8, 4) is 0 Å². The largest absolute Gasteiger partial charge is 0.273 e. The lowest BCUT2D eigenvalue weighted by Gasteiger charge is -2.12. The normalized spacial score (nSPS) is 10.9. The van der Waals surface area contributed by atoms with E-state index < -0.39 is 0 Å². The van der Waals surface area contributed by atoms with E-state index in [2.05, 4.69) is 19.1 Å². The molecule has 0 aromatic rings. The predicted molar refractivity (Wildman–Crippen MR) is 117 cm³/mol. The molecule has 0 spiro atoms.